The molecule has 0 saturated heterocycles. The van der Waals surface area contributed by atoms with Gasteiger partial charge in [0.05, 0.1) is 7.11 Å². The van der Waals surface area contributed by atoms with Gasteiger partial charge in [-0.15, -0.1) is 0 Å². The number of methoxy groups -OCH3 is 1. The Balaban J connectivity index is 2.45. The maximum Gasteiger partial charge on any atom is 0.230 e. The smallest absolute Gasteiger partial charge is 0.230 e. The molecule has 0 fully saturated rings. The van der Waals surface area contributed by atoms with E-state index in [1.165, 1.54) is 0 Å². The molecule has 4 nitrogen and oxygen atoms in total. The van der Waals surface area contributed by atoms with E-state index in [-0.39, 0.29) is 0 Å². The van der Waals surface area contributed by atoms with Gasteiger partial charge >= 0.3 is 0 Å². The molecule has 5 heteroatoms. The van der Waals surface area contributed by atoms with E-state index in [4.69, 9.17) is 14.2 Å². The number of nitriles is 1. The van der Waals surface area contributed by atoms with Gasteiger partial charge < -0.3 is 4.74 Å². The molecule has 0 N–H and O–H groups in total. The molecular formula is C15H21NO3Si. The summed E-state index contributed by atoms with van der Waals surface area (Å²) in [6, 6.07) is 8.16. The van der Waals surface area contributed by atoms with Crippen LogP contribution in [0.25, 0.3) is 0 Å². The summed E-state index contributed by atoms with van der Waals surface area (Å²) < 4.78 is 11.0. The third kappa shape index (κ3) is 2.88. The van der Waals surface area contributed by atoms with Crippen LogP contribution in [-0.4, -0.2) is 15.4 Å². The van der Waals surface area contributed by atoms with Crippen LogP contribution in [-0.2, 0) is 21.5 Å². The second kappa shape index (κ2) is 5.56. The van der Waals surface area contributed by atoms with Crippen LogP contribution in [0.1, 0.15) is 24.0 Å². The van der Waals surface area contributed by atoms with Gasteiger partial charge in [-0.05, 0) is 50.5 Å². The first-order valence-electron chi connectivity index (χ1n) is 6.86. The minimum absolute atomic E-state index is 0.626. The summed E-state index contributed by atoms with van der Waals surface area (Å²) in [5.41, 5.74) is 0.881. The summed E-state index contributed by atoms with van der Waals surface area (Å²) in [6.45, 7) is 6.10. The number of hydrogen-bond acceptors (Lipinski definition) is 4. The number of rotatable bonds is 4. The zero-order valence-corrected chi connectivity index (χ0v) is 13.5. The summed E-state index contributed by atoms with van der Waals surface area (Å²) in [4.78, 5) is 5.67. The Morgan fingerprint density at radius 1 is 1.30 bits per heavy atom. The summed E-state index contributed by atoms with van der Waals surface area (Å²) in [5.74, 6) is 0.697. The minimum Gasteiger partial charge on any atom is -0.496 e. The molecule has 1 aromatic carbocycles. The highest BCUT2D eigenvalue weighted by Crippen LogP contribution is 2.43. The lowest BCUT2D eigenvalue weighted by molar-refractivity contribution is -0.291. The molecule has 0 bridgehead atoms. The van der Waals surface area contributed by atoms with Crippen molar-refractivity contribution in [2.75, 3.05) is 7.11 Å². The highest BCUT2D eigenvalue weighted by Gasteiger charge is 2.43. The van der Waals surface area contributed by atoms with Gasteiger partial charge in [-0.1, -0.05) is 12.1 Å². The quantitative estimate of drug-likeness (QED) is 0.484. The third-order valence-electron chi connectivity index (χ3n) is 3.33. The highest BCUT2D eigenvalue weighted by atomic mass is 28.4. The van der Waals surface area contributed by atoms with Crippen molar-refractivity contribution in [3.8, 4) is 11.8 Å². The van der Waals surface area contributed by atoms with Crippen molar-refractivity contribution in [1.82, 2.24) is 0 Å². The molecule has 1 atom stereocenters. The summed E-state index contributed by atoms with van der Waals surface area (Å²) in [5, 5.41) is 9.71. The molecule has 1 aliphatic rings. The first kappa shape index (κ1) is 15.0. The Morgan fingerprint density at radius 2 is 2.05 bits per heavy atom. The third-order valence-corrected chi connectivity index (χ3v) is 3.91. The zero-order chi connectivity index (χ0) is 14.8. The normalized spacial score (nSPS) is 21.9. The van der Waals surface area contributed by atoms with E-state index in [1.54, 1.807) is 7.11 Å². The molecule has 0 heterocycles. The highest BCUT2D eigenvalue weighted by molar-refractivity contribution is 6.69. The Morgan fingerprint density at radius 3 is 2.65 bits per heavy atom. The lowest BCUT2D eigenvalue weighted by atomic mass is 9.79. The lowest BCUT2D eigenvalue weighted by Gasteiger charge is -2.34. The van der Waals surface area contributed by atoms with Crippen molar-refractivity contribution in [2.24, 2.45) is 0 Å². The van der Waals surface area contributed by atoms with Crippen molar-refractivity contribution in [3.63, 3.8) is 0 Å². The van der Waals surface area contributed by atoms with Gasteiger partial charge in [0.2, 0.25) is 13.9 Å². The molecule has 0 spiro atoms. The SMILES string of the molecule is COc1cccc2c1C(C#N)(OO[Si](C)(C)C)CCC2. The number of aryl methyl sites for hydroxylation is 1. The van der Waals surface area contributed by atoms with E-state index in [2.05, 4.69) is 6.07 Å². The zero-order valence-electron chi connectivity index (χ0n) is 12.5. The van der Waals surface area contributed by atoms with Crippen molar-refractivity contribution in [3.05, 3.63) is 29.3 Å². The minimum atomic E-state index is -1.87. The predicted molar refractivity (Wildman–Crippen MR) is 78.7 cm³/mol. The van der Waals surface area contributed by atoms with E-state index < -0.39 is 13.9 Å². The second-order valence-electron chi connectivity index (χ2n) is 6.07. The number of ether oxygens (including phenoxy) is 1. The number of benzene rings is 1. The summed E-state index contributed by atoms with van der Waals surface area (Å²) >= 11 is 0. The molecule has 2 rings (SSSR count). The molecule has 20 heavy (non-hydrogen) atoms. The van der Waals surface area contributed by atoms with Crippen molar-refractivity contribution < 1.29 is 14.2 Å². The monoisotopic (exact) mass is 291 g/mol. The van der Waals surface area contributed by atoms with Crippen LogP contribution in [0.4, 0.5) is 0 Å². The van der Waals surface area contributed by atoms with Crippen LogP contribution in [0.3, 0.4) is 0 Å². The fourth-order valence-corrected chi connectivity index (χ4v) is 2.87. The molecule has 1 unspecified atom stereocenters. The van der Waals surface area contributed by atoms with Crippen molar-refractivity contribution in [1.29, 1.82) is 5.26 Å². The molecule has 1 aromatic rings. The molecule has 0 aliphatic heterocycles. The maximum absolute atomic E-state index is 9.71. The maximum atomic E-state index is 9.71. The second-order valence-corrected chi connectivity index (χ2v) is 10.5. The van der Waals surface area contributed by atoms with E-state index >= 15 is 0 Å². The molecule has 1 aliphatic carbocycles. The van der Waals surface area contributed by atoms with E-state index in [9.17, 15) is 5.26 Å². The molecule has 0 aromatic heterocycles. The molecular weight excluding hydrogens is 270 g/mol. The average molecular weight is 291 g/mol. The van der Waals surface area contributed by atoms with Gasteiger partial charge in [0.1, 0.15) is 11.8 Å². The Hall–Kier alpha value is -1.35. The Labute approximate surface area is 121 Å². The van der Waals surface area contributed by atoms with Crippen molar-refractivity contribution >= 4 is 8.32 Å². The van der Waals surface area contributed by atoms with E-state index in [0.717, 1.165) is 24.0 Å². The fraction of sp³-hybridized carbons (Fsp3) is 0.533. The topological polar surface area (TPSA) is 51.5 Å². The molecule has 108 valence electrons. The lowest BCUT2D eigenvalue weighted by Crippen LogP contribution is -2.37. The van der Waals surface area contributed by atoms with Gasteiger partial charge in [-0.2, -0.15) is 5.26 Å². The van der Waals surface area contributed by atoms with Crippen LogP contribution >= 0.6 is 0 Å². The van der Waals surface area contributed by atoms with E-state index in [0.29, 0.717) is 12.2 Å². The summed E-state index contributed by atoms with van der Waals surface area (Å²) in [6.07, 6.45) is 2.47. The van der Waals surface area contributed by atoms with Crippen molar-refractivity contribution in [2.45, 2.75) is 44.5 Å². The number of hydrogen-bond donors (Lipinski definition) is 0. The van der Waals surface area contributed by atoms with Crippen LogP contribution < -0.4 is 4.74 Å². The van der Waals surface area contributed by atoms with Gasteiger partial charge in [0, 0.05) is 5.56 Å². The average Bonchev–Trinajstić information content (AvgIpc) is 2.43. The molecule has 0 saturated carbocycles. The van der Waals surface area contributed by atoms with Gasteiger partial charge in [0.25, 0.3) is 0 Å². The predicted octanol–water partition coefficient (Wildman–Crippen LogP) is 3.53. The largest absolute Gasteiger partial charge is 0.496 e. The number of nitrogens with zero attached hydrogens (tertiary/aromatic N) is 1. The standard InChI is InChI=1S/C15H21NO3Si/c1-17-13-9-5-7-12-8-6-10-15(11-16,14(12)13)18-19-20(2,3)4/h5,7,9H,6,8,10H2,1-4H3. The Bertz CT molecular complexity index is 519. The first-order chi connectivity index (χ1) is 9.42. The van der Waals surface area contributed by atoms with Crippen LogP contribution in [0.15, 0.2) is 18.2 Å². The Kier molecular flexibility index (Phi) is 4.19. The molecule has 0 radical (unpaired) electrons. The van der Waals surface area contributed by atoms with Crippen LogP contribution in [0, 0.1) is 11.3 Å². The van der Waals surface area contributed by atoms with Gasteiger partial charge in [-0.25, -0.2) is 4.89 Å². The van der Waals surface area contributed by atoms with Gasteiger partial charge in [0.15, 0.2) is 0 Å². The number of fused-ring (bicyclic) bond motifs is 1. The van der Waals surface area contributed by atoms with Gasteiger partial charge in [-0.3, -0.25) is 4.58 Å². The van der Waals surface area contributed by atoms with Crippen LogP contribution in [0.2, 0.25) is 19.6 Å². The first-order valence-corrected chi connectivity index (χ1v) is 10.3. The van der Waals surface area contributed by atoms with E-state index in [1.807, 2.05) is 37.8 Å². The van der Waals surface area contributed by atoms with Crippen LogP contribution in [0.5, 0.6) is 5.75 Å². The summed E-state index contributed by atoms with van der Waals surface area (Å²) in [7, 11) is -0.251. The molecule has 0 amide bonds. The fourth-order valence-electron chi connectivity index (χ4n) is 2.48.